The van der Waals surface area contributed by atoms with E-state index in [1.165, 1.54) is 6.07 Å². The molecule has 3 N–H and O–H groups in total. The van der Waals surface area contributed by atoms with Crippen LogP contribution in [0.2, 0.25) is 5.02 Å². The average molecular weight is 317 g/mol. The van der Waals surface area contributed by atoms with Crippen LogP contribution in [0.25, 0.3) is 0 Å². The summed E-state index contributed by atoms with van der Waals surface area (Å²) in [4.78, 5) is 0.815. The first-order chi connectivity index (χ1) is 8.92. The van der Waals surface area contributed by atoms with E-state index < -0.39 is 10.0 Å². The minimum Gasteiger partial charge on any atom is -0.326 e. The summed E-state index contributed by atoms with van der Waals surface area (Å²) < 4.78 is 27.0. The molecule has 102 valence electrons. The van der Waals surface area contributed by atoms with Crippen LogP contribution >= 0.6 is 22.9 Å². The van der Waals surface area contributed by atoms with Gasteiger partial charge in [0.05, 0.1) is 10.7 Å². The van der Waals surface area contributed by atoms with Crippen molar-refractivity contribution in [3.8, 4) is 0 Å². The van der Waals surface area contributed by atoms with Crippen LogP contribution in [-0.2, 0) is 16.6 Å². The summed E-state index contributed by atoms with van der Waals surface area (Å²) in [6.45, 7) is 2.21. The highest BCUT2D eigenvalue weighted by atomic mass is 35.5. The van der Waals surface area contributed by atoms with Gasteiger partial charge in [0.15, 0.2) is 0 Å². The molecule has 0 spiro atoms. The summed E-state index contributed by atoms with van der Waals surface area (Å²) in [6.07, 6.45) is 0. The molecular formula is C12H13ClN2O2S2. The van der Waals surface area contributed by atoms with Crippen LogP contribution in [0.5, 0.6) is 0 Å². The first kappa shape index (κ1) is 14.3. The maximum Gasteiger partial charge on any atom is 0.271 e. The van der Waals surface area contributed by atoms with E-state index in [0.29, 0.717) is 17.3 Å². The SMILES string of the molecule is Cc1ccc(NS(=O)(=O)c2ccc(CN)s2)c(Cl)c1. The molecule has 0 aliphatic heterocycles. The summed E-state index contributed by atoms with van der Waals surface area (Å²) in [5.74, 6) is 0. The normalized spacial score (nSPS) is 11.5. The van der Waals surface area contributed by atoms with Crippen molar-refractivity contribution in [1.29, 1.82) is 0 Å². The third-order valence-electron chi connectivity index (χ3n) is 2.47. The Kier molecular flexibility index (Phi) is 4.15. The second kappa shape index (κ2) is 5.50. The molecule has 0 bridgehead atoms. The van der Waals surface area contributed by atoms with Crippen LogP contribution in [0.15, 0.2) is 34.5 Å². The molecule has 0 unspecified atom stereocenters. The Bertz CT molecular complexity index is 696. The van der Waals surface area contributed by atoms with Crippen molar-refractivity contribution in [2.45, 2.75) is 17.7 Å². The number of benzene rings is 1. The monoisotopic (exact) mass is 316 g/mol. The molecule has 1 aromatic heterocycles. The highest BCUT2D eigenvalue weighted by molar-refractivity contribution is 7.94. The Morgan fingerprint density at radius 3 is 2.63 bits per heavy atom. The number of sulfonamides is 1. The summed E-state index contributed by atoms with van der Waals surface area (Å²) in [5, 5.41) is 0.374. The lowest BCUT2D eigenvalue weighted by Crippen LogP contribution is -2.11. The number of hydrogen-bond donors (Lipinski definition) is 2. The maximum atomic E-state index is 12.2. The Hall–Kier alpha value is -1.08. The van der Waals surface area contributed by atoms with Crippen LogP contribution in [0.4, 0.5) is 5.69 Å². The number of nitrogens with one attached hydrogen (secondary N) is 1. The smallest absolute Gasteiger partial charge is 0.271 e. The third-order valence-corrected chi connectivity index (χ3v) is 5.75. The number of hydrogen-bond acceptors (Lipinski definition) is 4. The fraction of sp³-hybridized carbons (Fsp3) is 0.167. The molecule has 0 amide bonds. The van der Waals surface area contributed by atoms with Gasteiger partial charge in [-0.1, -0.05) is 17.7 Å². The van der Waals surface area contributed by atoms with Crippen molar-refractivity contribution in [2.75, 3.05) is 4.72 Å². The van der Waals surface area contributed by atoms with E-state index in [-0.39, 0.29) is 4.21 Å². The van der Waals surface area contributed by atoms with Crippen LogP contribution in [0.3, 0.4) is 0 Å². The Morgan fingerprint density at radius 2 is 2.05 bits per heavy atom. The standard InChI is InChI=1S/C12H13ClN2O2S2/c1-8-2-4-11(10(13)6-8)15-19(16,17)12-5-3-9(7-14)18-12/h2-6,15H,7,14H2,1H3. The molecule has 2 aromatic rings. The van der Waals surface area contributed by atoms with E-state index in [1.54, 1.807) is 24.3 Å². The van der Waals surface area contributed by atoms with E-state index >= 15 is 0 Å². The second-order valence-corrected chi connectivity index (χ2v) is 7.50. The van der Waals surface area contributed by atoms with Crippen LogP contribution in [-0.4, -0.2) is 8.42 Å². The zero-order valence-electron chi connectivity index (χ0n) is 10.2. The van der Waals surface area contributed by atoms with Gasteiger partial charge in [0, 0.05) is 11.4 Å². The highest BCUT2D eigenvalue weighted by Gasteiger charge is 2.18. The number of aryl methyl sites for hydroxylation is 1. The molecule has 0 saturated carbocycles. The van der Waals surface area contributed by atoms with Gasteiger partial charge < -0.3 is 5.73 Å². The molecule has 0 aliphatic rings. The molecule has 0 atom stereocenters. The maximum absolute atomic E-state index is 12.2. The summed E-state index contributed by atoms with van der Waals surface area (Å²) in [5.41, 5.74) is 6.81. The minimum absolute atomic E-state index is 0.226. The van der Waals surface area contributed by atoms with Gasteiger partial charge in [0.2, 0.25) is 0 Å². The predicted molar refractivity (Wildman–Crippen MR) is 79.2 cm³/mol. The van der Waals surface area contributed by atoms with Crippen LogP contribution in [0, 0.1) is 6.92 Å². The summed E-state index contributed by atoms with van der Waals surface area (Å²) in [7, 11) is -3.61. The topological polar surface area (TPSA) is 72.2 Å². The van der Waals surface area contributed by atoms with Gasteiger partial charge in [-0.25, -0.2) is 8.42 Å². The van der Waals surface area contributed by atoms with E-state index in [1.807, 2.05) is 6.92 Å². The minimum atomic E-state index is -3.61. The van der Waals surface area contributed by atoms with Crippen molar-refractivity contribution in [3.05, 3.63) is 45.8 Å². The van der Waals surface area contributed by atoms with E-state index in [9.17, 15) is 8.42 Å². The molecule has 7 heteroatoms. The molecule has 2 rings (SSSR count). The van der Waals surface area contributed by atoms with Gasteiger partial charge in [-0.15, -0.1) is 11.3 Å². The van der Waals surface area contributed by atoms with E-state index in [2.05, 4.69) is 4.72 Å². The lowest BCUT2D eigenvalue weighted by atomic mass is 10.2. The molecule has 19 heavy (non-hydrogen) atoms. The fourth-order valence-electron chi connectivity index (χ4n) is 1.51. The second-order valence-electron chi connectivity index (χ2n) is 4.01. The molecule has 0 radical (unpaired) electrons. The van der Waals surface area contributed by atoms with Crippen molar-refractivity contribution < 1.29 is 8.42 Å². The fourth-order valence-corrected chi connectivity index (χ4v) is 4.16. The molecule has 1 heterocycles. The van der Waals surface area contributed by atoms with Gasteiger partial charge >= 0.3 is 0 Å². The zero-order chi connectivity index (χ0) is 14.0. The van der Waals surface area contributed by atoms with Gasteiger partial charge in [-0.2, -0.15) is 0 Å². The van der Waals surface area contributed by atoms with Crippen molar-refractivity contribution in [3.63, 3.8) is 0 Å². The molecule has 0 fully saturated rings. The summed E-state index contributed by atoms with van der Waals surface area (Å²) in [6, 6.07) is 8.39. The first-order valence-electron chi connectivity index (χ1n) is 5.50. The van der Waals surface area contributed by atoms with Gasteiger partial charge in [-0.05, 0) is 36.8 Å². The number of nitrogens with two attached hydrogens (primary N) is 1. The lowest BCUT2D eigenvalue weighted by Gasteiger charge is -2.08. The quantitative estimate of drug-likeness (QED) is 0.911. The molecule has 0 saturated heterocycles. The summed E-state index contributed by atoms with van der Waals surface area (Å²) >= 11 is 7.16. The van der Waals surface area contributed by atoms with Crippen molar-refractivity contribution >= 4 is 38.6 Å². The Labute approximate surface area is 121 Å². The zero-order valence-corrected chi connectivity index (χ0v) is 12.6. The average Bonchev–Trinajstić information content (AvgIpc) is 2.82. The van der Waals surface area contributed by atoms with Crippen molar-refractivity contribution in [1.82, 2.24) is 0 Å². The van der Waals surface area contributed by atoms with Gasteiger partial charge in [0.25, 0.3) is 10.0 Å². The molecule has 1 aromatic carbocycles. The van der Waals surface area contributed by atoms with Crippen LogP contribution in [0.1, 0.15) is 10.4 Å². The predicted octanol–water partition coefficient (Wildman–Crippen LogP) is 2.97. The van der Waals surface area contributed by atoms with Crippen LogP contribution < -0.4 is 10.5 Å². The van der Waals surface area contributed by atoms with E-state index in [4.69, 9.17) is 17.3 Å². The van der Waals surface area contributed by atoms with Crippen molar-refractivity contribution in [2.24, 2.45) is 5.73 Å². The Balaban J connectivity index is 2.30. The largest absolute Gasteiger partial charge is 0.326 e. The molecule has 4 nitrogen and oxygen atoms in total. The number of rotatable bonds is 4. The number of anilines is 1. The Morgan fingerprint density at radius 1 is 1.32 bits per heavy atom. The third kappa shape index (κ3) is 3.27. The van der Waals surface area contributed by atoms with Gasteiger partial charge in [0.1, 0.15) is 4.21 Å². The number of halogens is 1. The molecular weight excluding hydrogens is 304 g/mol. The first-order valence-corrected chi connectivity index (χ1v) is 8.18. The van der Waals surface area contributed by atoms with Gasteiger partial charge in [-0.3, -0.25) is 4.72 Å². The molecule has 0 aliphatic carbocycles. The number of thiophene rings is 1. The van der Waals surface area contributed by atoms with E-state index in [0.717, 1.165) is 21.8 Å². The lowest BCUT2D eigenvalue weighted by molar-refractivity contribution is 0.603. The highest BCUT2D eigenvalue weighted by Crippen LogP contribution is 2.28.